The summed E-state index contributed by atoms with van der Waals surface area (Å²) in [6, 6.07) is 7.96. The molecule has 2 heterocycles. The van der Waals surface area contributed by atoms with Gasteiger partial charge in [-0.05, 0) is 37.3 Å². The van der Waals surface area contributed by atoms with E-state index in [1.54, 1.807) is 12.1 Å². The van der Waals surface area contributed by atoms with Crippen LogP contribution in [0, 0.1) is 16.0 Å². The smallest absolute Gasteiger partial charge is 0.269 e. The van der Waals surface area contributed by atoms with Crippen molar-refractivity contribution in [2.24, 2.45) is 5.92 Å². The van der Waals surface area contributed by atoms with Crippen LogP contribution in [0.5, 0.6) is 0 Å². The highest BCUT2D eigenvalue weighted by molar-refractivity contribution is 5.59. The summed E-state index contributed by atoms with van der Waals surface area (Å²) >= 11 is 0. The summed E-state index contributed by atoms with van der Waals surface area (Å²) in [4.78, 5) is 24.3. The number of nitro benzene ring substituents is 1. The molecule has 4 rings (SSSR count). The number of benzene rings is 1. The molecule has 30 heavy (non-hydrogen) atoms. The van der Waals surface area contributed by atoms with Crippen LogP contribution in [-0.2, 0) is 6.42 Å². The Balaban J connectivity index is 1.63. The molecule has 1 fully saturated rings. The number of hydrogen-bond donors (Lipinski definition) is 1. The van der Waals surface area contributed by atoms with Crippen LogP contribution in [0.2, 0.25) is 0 Å². The Bertz CT molecular complexity index is 1040. The van der Waals surface area contributed by atoms with Crippen molar-refractivity contribution in [2.45, 2.75) is 52.0 Å². The molecular weight excluding hydrogens is 384 g/mol. The number of hydrogen-bond acceptors (Lipinski definition) is 8. The van der Waals surface area contributed by atoms with Crippen molar-refractivity contribution >= 4 is 11.5 Å². The van der Waals surface area contributed by atoms with Crippen LogP contribution < -0.4 is 5.32 Å². The summed E-state index contributed by atoms with van der Waals surface area (Å²) in [6.45, 7) is 6.18. The largest absolute Gasteiger partial charge is 0.358 e. The van der Waals surface area contributed by atoms with Gasteiger partial charge < -0.3 is 9.84 Å². The van der Waals surface area contributed by atoms with Gasteiger partial charge in [-0.25, -0.2) is 9.97 Å². The lowest BCUT2D eigenvalue weighted by molar-refractivity contribution is -0.384. The Kier molecular flexibility index (Phi) is 5.43. The first kappa shape index (κ1) is 19.9. The molecule has 9 nitrogen and oxygen atoms in total. The van der Waals surface area contributed by atoms with E-state index in [2.05, 4.69) is 39.3 Å². The monoisotopic (exact) mass is 408 g/mol. The van der Waals surface area contributed by atoms with E-state index < -0.39 is 4.92 Å². The molecule has 1 atom stereocenters. The fourth-order valence-corrected chi connectivity index (χ4v) is 3.17. The highest BCUT2D eigenvalue weighted by Crippen LogP contribution is 2.39. The highest BCUT2D eigenvalue weighted by atomic mass is 16.6. The Labute approximate surface area is 174 Å². The highest BCUT2D eigenvalue weighted by Gasteiger charge is 2.31. The molecule has 1 N–H and O–H groups in total. The first-order chi connectivity index (χ1) is 14.4. The second-order valence-corrected chi connectivity index (χ2v) is 7.86. The molecule has 1 aliphatic carbocycles. The van der Waals surface area contributed by atoms with Gasteiger partial charge in [0, 0.05) is 35.4 Å². The van der Waals surface area contributed by atoms with Gasteiger partial charge in [0.25, 0.3) is 5.69 Å². The first-order valence-electron chi connectivity index (χ1n) is 10.2. The quantitative estimate of drug-likeness (QED) is 0.421. The van der Waals surface area contributed by atoms with Crippen molar-refractivity contribution in [1.82, 2.24) is 20.1 Å². The van der Waals surface area contributed by atoms with Gasteiger partial charge >= 0.3 is 0 Å². The fourth-order valence-electron chi connectivity index (χ4n) is 3.17. The van der Waals surface area contributed by atoms with Gasteiger partial charge in [0.1, 0.15) is 11.9 Å². The molecule has 0 radical (unpaired) electrons. The number of non-ortho nitro benzene ring substituents is 1. The number of aryl methyl sites for hydroxylation is 1. The summed E-state index contributed by atoms with van der Waals surface area (Å²) in [5.41, 5.74) is 1.62. The molecule has 9 heteroatoms. The average Bonchev–Trinajstić information content (AvgIpc) is 3.49. The van der Waals surface area contributed by atoms with E-state index in [-0.39, 0.29) is 17.6 Å². The van der Waals surface area contributed by atoms with Crippen LogP contribution in [0.15, 0.2) is 34.9 Å². The van der Waals surface area contributed by atoms with Crippen molar-refractivity contribution in [3.05, 3.63) is 57.9 Å². The molecule has 156 valence electrons. The summed E-state index contributed by atoms with van der Waals surface area (Å²) in [6.07, 6.45) is 2.96. The Hall–Kier alpha value is -3.36. The van der Waals surface area contributed by atoms with E-state index >= 15 is 0 Å². The van der Waals surface area contributed by atoms with Crippen LogP contribution in [-0.4, -0.2) is 25.0 Å². The molecular formula is C21H24N6O3. The molecule has 3 aromatic rings. The van der Waals surface area contributed by atoms with Crippen molar-refractivity contribution in [3.8, 4) is 11.4 Å². The summed E-state index contributed by atoms with van der Waals surface area (Å²) in [5, 5.41) is 18.5. The van der Waals surface area contributed by atoms with Crippen LogP contribution in [0.25, 0.3) is 11.4 Å². The number of nitro groups is 1. The van der Waals surface area contributed by atoms with Crippen LogP contribution in [0.1, 0.15) is 63.0 Å². The zero-order valence-electron chi connectivity index (χ0n) is 17.2. The molecule has 1 aliphatic rings. The minimum atomic E-state index is -0.423. The minimum Gasteiger partial charge on any atom is -0.358 e. The minimum absolute atomic E-state index is 0.0338. The van der Waals surface area contributed by atoms with Gasteiger partial charge in [-0.15, -0.1) is 0 Å². The topological polar surface area (TPSA) is 120 Å². The molecule has 0 aliphatic heterocycles. The van der Waals surface area contributed by atoms with Crippen LogP contribution >= 0.6 is 0 Å². The van der Waals surface area contributed by atoms with Crippen molar-refractivity contribution < 1.29 is 9.45 Å². The third kappa shape index (κ3) is 4.29. The van der Waals surface area contributed by atoms with Gasteiger partial charge in [0.05, 0.1) is 4.92 Å². The second kappa shape index (κ2) is 8.17. The molecule has 2 aromatic heterocycles. The molecule has 0 amide bonds. The number of anilines is 1. The number of aromatic nitrogens is 4. The normalized spacial score (nSPS) is 14.7. The maximum atomic E-state index is 10.9. The summed E-state index contributed by atoms with van der Waals surface area (Å²) < 4.78 is 5.54. The standard InChI is InChI=1S/C21H24N6O3/c1-4-15-11-17(24-19(22-15)13-7-9-16(10-8-13)27(28)29)23-18(12(2)3)21-25-20(26-30-21)14-5-6-14/h7-12,14,18H,4-6H2,1-3H3,(H,22,23,24)/t18-/m1/s1. The zero-order valence-corrected chi connectivity index (χ0v) is 17.2. The number of nitrogens with one attached hydrogen (secondary N) is 1. The van der Waals surface area contributed by atoms with Gasteiger partial charge in [-0.3, -0.25) is 10.1 Å². The van der Waals surface area contributed by atoms with Crippen molar-refractivity contribution in [2.75, 3.05) is 5.32 Å². The Morgan fingerprint density at radius 2 is 1.93 bits per heavy atom. The lowest BCUT2D eigenvalue weighted by Crippen LogP contribution is -2.18. The first-order valence-corrected chi connectivity index (χ1v) is 10.2. The predicted octanol–water partition coefficient (Wildman–Crippen LogP) is 4.68. The maximum Gasteiger partial charge on any atom is 0.269 e. The summed E-state index contributed by atoms with van der Waals surface area (Å²) in [5.74, 6) is 3.12. The Morgan fingerprint density at radius 1 is 1.20 bits per heavy atom. The SMILES string of the molecule is CCc1cc(N[C@@H](c2nc(C3CC3)no2)C(C)C)nc(-c2ccc([N+](=O)[O-])cc2)n1. The predicted molar refractivity (Wildman–Crippen MR) is 111 cm³/mol. The third-order valence-corrected chi connectivity index (χ3v) is 5.11. The molecule has 1 saturated carbocycles. The lowest BCUT2D eigenvalue weighted by Gasteiger charge is -2.20. The molecule has 0 saturated heterocycles. The van der Waals surface area contributed by atoms with E-state index in [1.165, 1.54) is 12.1 Å². The zero-order chi connectivity index (χ0) is 21.3. The molecule has 0 bridgehead atoms. The van der Waals surface area contributed by atoms with Gasteiger partial charge in [-0.1, -0.05) is 25.9 Å². The summed E-state index contributed by atoms with van der Waals surface area (Å²) in [7, 11) is 0. The van der Waals surface area contributed by atoms with Crippen molar-refractivity contribution in [1.29, 1.82) is 0 Å². The number of nitrogens with zero attached hydrogens (tertiary/aromatic N) is 5. The van der Waals surface area contributed by atoms with Gasteiger partial charge in [0.15, 0.2) is 11.6 Å². The van der Waals surface area contributed by atoms with Gasteiger partial charge in [0.2, 0.25) is 5.89 Å². The Morgan fingerprint density at radius 3 is 2.53 bits per heavy atom. The fraction of sp³-hybridized carbons (Fsp3) is 0.429. The van der Waals surface area contributed by atoms with E-state index in [0.717, 1.165) is 30.8 Å². The third-order valence-electron chi connectivity index (χ3n) is 5.11. The van der Waals surface area contributed by atoms with E-state index in [9.17, 15) is 10.1 Å². The van der Waals surface area contributed by atoms with Crippen LogP contribution in [0.3, 0.4) is 0 Å². The molecule has 0 unspecified atom stereocenters. The maximum absolute atomic E-state index is 10.9. The van der Waals surface area contributed by atoms with E-state index in [4.69, 9.17) is 4.52 Å². The van der Waals surface area contributed by atoms with Gasteiger partial charge in [-0.2, -0.15) is 4.98 Å². The lowest BCUT2D eigenvalue weighted by atomic mass is 10.0. The molecule has 0 spiro atoms. The van der Waals surface area contributed by atoms with E-state index in [1.807, 2.05) is 13.0 Å². The van der Waals surface area contributed by atoms with Crippen LogP contribution in [0.4, 0.5) is 11.5 Å². The average molecular weight is 408 g/mol. The number of rotatable bonds is 8. The van der Waals surface area contributed by atoms with Crippen molar-refractivity contribution in [3.63, 3.8) is 0 Å². The van der Waals surface area contributed by atoms with E-state index in [0.29, 0.717) is 29.0 Å². The second-order valence-electron chi connectivity index (χ2n) is 7.86. The molecule has 1 aromatic carbocycles.